The minimum absolute atomic E-state index is 0.178. The minimum atomic E-state index is -1.05. The average molecular weight is 401 g/mol. The summed E-state index contributed by atoms with van der Waals surface area (Å²) in [6.07, 6.45) is 2.07. The highest BCUT2D eigenvalue weighted by Crippen LogP contribution is 2.33. The van der Waals surface area contributed by atoms with Gasteiger partial charge in [0.2, 0.25) is 0 Å². The molecule has 0 aromatic carbocycles. The van der Waals surface area contributed by atoms with Gasteiger partial charge in [0.25, 0.3) is 5.91 Å². The quantitative estimate of drug-likeness (QED) is 0.708. The van der Waals surface area contributed by atoms with E-state index < -0.39 is 23.9 Å². The summed E-state index contributed by atoms with van der Waals surface area (Å²) in [5.74, 6) is -1.80. The number of hydrogen-bond donors (Lipinski definition) is 1. The van der Waals surface area contributed by atoms with Crippen LogP contribution in [0.25, 0.3) is 0 Å². The number of thiophene rings is 1. The Hall–Kier alpha value is -3.25. The van der Waals surface area contributed by atoms with Gasteiger partial charge in [-0.2, -0.15) is 5.26 Å². The Balaban J connectivity index is 2.18. The van der Waals surface area contributed by atoms with Gasteiger partial charge in [-0.3, -0.25) is 9.78 Å². The van der Waals surface area contributed by atoms with Gasteiger partial charge in [-0.15, -0.1) is 11.3 Å². The zero-order valence-corrected chi connectivity index (χ0v) is 16.5. The number of nitrogens with zero attached hydrogens (tertiary/aromatic N) is 2. The van der Waals surface area contributed by atoms with Crippen LogP contribution >= 0.6 is 11.3 Å². The Morgan fingerprint density at radius 3 is 2.50 bits per heavy atom. The molecule has 28 heavy (non-hydrogen) atoms. The largest absolute Gasteiger partial charge is 0.462 e. The van der Waals surface area contributed by atoms with Gasteiger partial charge in [0, 0.05) is 12.4 Å². The van der Waals surface area contributed by atoms with Gasteiger partial charge in [0.15, 0.2) is 6.10 Å². The first-order valence-electron chi connectivity index (χ1n) is 8.55. The van der Waals surface area contributed by atoms with Gasteiger partial charge in [-0.1, -0.05) is 6.92 Å². The summed E-state index contributed by atoms with van der Waals surface area (Å²) in [6, 6.07) is 4.95. The molecule has 0 saturated carbocycles. The van der Waals surface area contributed by atoms with Crippen LogP contribution in [-0.2, 0) is 14.3 Å². The SMILES string of the molecule is CCOC(=O)c1sc(NC(=O)C(CC)OC(=O)c2ccncc2)c(C#N)c1C. The van der Waals surface area contributed by atoms with Crippen LogP contribution in [0, 0.1) is 18.3 Å². The smallest absolute Gasteiger partial charge is 0.348 e. The maximum Gasteiger partial charge on any atom is 0.348 e. The lowest BCUT2D eigenvalue weighted by Crippen LogP contribution is -2.32. The predicted molar refractivity (Wildman–Crippen MR) is 102 cm³/mol. The van der Waals surface area contributed by atoms with Crippen LogP contribution in [0.4, 0.5) is 5.00 Å². The highest BCUT2D eigenvalue weighted by atomic mass is 32.1. The van der Waals surface area contributed by atoms with Gasteiger partial charge in [-0.05, 0) is 38.0 Å². The second kappa shape index (κ2) is 9.62. The summed E-state index contributed by atoms with van der Waals surface area (Å²) in [5, 5.41) is 12.2. The number of pyridine rings is 1. The van der Waals surface area contributed by atoms with Crippen LogP contribution in [0.1, 0.15) is 51.4 Å². The van der Waals surface area contributed by atoms with E-state index in [4.69, 9.17) is 9.47 Å². The number of esters is 2. The van der Waals surface area contributed by atoms with Gasteiger partial charge >= 0.3 is 11.9 Å². The van der Waals surface area contributed by atoms with E-state index in [2.05, 4.69) is 10.3 Å². The second-order valence-corrected chi connectivity index (χ2v) is 6.64. The van der Waals surface area contributed by atoms with Crippen molar-refractivity contribution in [3.8, 4) is 6.07 Å². The van der Waals surface area contributed by atoms with Crippen molar-refractivity contribution in [1.29, 1.82) is 5.26 Å². The number of carbonyl (C=O) groups is 3. The van der Waals surface area contributed by atoms with Crippen molar-refractivity contribution < 1.29 is 23.9 Å². The molecule has 0 bridgehead atoms. The van der Waals surface area contributed by atoms with Gasteiger partial charge in [0.05, 0.1) is 17.7 Å². The normalized spacial score (nSPS) is 11.2. The van der Waals surface area contributed by atoms with E-state index in [1.54, 1.807) is 20.8 Å². The predicted octanol–water partition coefficient (Wildman–Crippen LogP) is 3.07. The van der Waals surface area contributed by atoms with Crippen LogP contribution < -0.4 is 5.32 Å². The molecule has 0 spiro atoms. The van der Waals surface area contributed by atoms with Gasteiger partial charge in [-0.25, -0.2) is 9.59 Å². The standard InChI is InChI=1S/C19H19N3O5S/c1-4-14(27-18(24)12-6-8-21-9-7-12)16(23)22-17-13(10-20)11(3)15(28-17)19(25)26-5-2/h6-9,14H,4-5H2,1-3H3,(H,22,23). The first-order valence-corrected chi connectivity index (χ1v) is 9.36. The van der Waals surface area contributed by atoms with Crippen LogP contribution in [0.15, 0.2) is 24.5 Å². The van der Waals surface area contributed by atoms with E-state index in [-0.39, 0.29) is 34.0 Å². The number of carbonyl (C=O) groups excluding carboxylic acids is 3. The summed E-state index contributed by atoms with van der Waals surface area (Å²) in [5.41, 5.74) is 0.885. The van der Waals surface area contributed by atoms with Crippen molar-refractivity contribution in [3.63, 3.8) is 0 Å². The Morgan fingerprint density at radius 1 is 1.25 bits per heavy atom. The third-order valence-corrected chi connectivity index (χ3v) is 4.97. The molecule has 0 radical (unpaired) electrons. The summed E-state index contributed by atoms with van der Waals surface area (Å²) in [4.78, 5) is 40.8. The highest BCUT2D eigenvalue weighted by molar-refractivity contribution is 7.18. The van der Waals surface area contributed by atoms with Crippen LogP contribution in [-0.4, -0.2) is 35.5 Å². The minimum Gasteiger partial charge on any atom is -0.462 e. The van der Waals surface area contributed by atoms with E-state index >= 15 is 0 Å². The number of nitriles is 1. The zero-order chi connectivity index (χ0) is 20.7. The molecule has 2 heterocycles. The molecule has 0 aliphatic carbocycles. The Morgan fingerprint density at radius 2 is 1.93 bits per heavy atom. The molecule has 1 atom stereocenters. The zero-order valence-electron chi connectivity index (χ0n) is 15.6. The number of nitrogens with one attached hydrogen (secondary N) is 1. The van der Waals surface area contributed by atoms with E-state index in [0.29, 0.717) is 5.56 Å². The van der Waals surface area contributed by atoms with E-state index in [9.17, 15) is 19.6 Å². The lowest BCUT2D eigenvalue weighted by molar-refractivity contribution is -0.124. The van der Waals surface area contributed by atoms with Crippen molar-refractivity contribution in [1.82, 2.24) is 4.98 Å². The van der Waals surface area contributed by atoms with E-state index in [1.807, 2.05) is 6.07 Å². The monoisotopic (exact) mass is 401 g/mol. The molecular formula is C19H19N3O5S. The number of hydrogen-bond acceptors (Lipinski definition) is 8. The van der Waals surface area contributed by atoms with Crippen molar-refractivity contribution in [2.45, 2.75) is 33.3 Å². The molecule has 1 unspecified atom stereocenters. The molecule has 146 valence electrons. The average Bonchev–Trinajstić information content (AvgIpc) is 3.01. The Bertz CT molecular complexity index is 918. The van der Waals surface area contributed by atoms with Crippen molar-refractivity contribution in [2.24, 2.45) is 0 Å². The summed E-state index contributed by atoms with van der Waals surface area (Å²) >= 11 is 0.953. The molecule has 2 aromatic rings. The van der Waals surface area contributed by atoms with Crippen molar-refractivity contribution in [2.75, 3.05) is 11.9 Å². The molecule has 8 nitrogen and oxygen atoms in total. The fourth-order valence-corrected chi connectivity index (χ4v) is 3.38. The Labute approximate surface area is 166 Å². The maximum absolute atomic E-state index is 12.6. The van der Waals surface area contributed by atoms with E-state index in [0.717, 1.165) is 11.3 Å². The molecule has 2 aromatic heterocycles. The van der Waals surface area contributed by atoms with Crippen molar-refractivity contribution >= 4 is 34.2 Å². The lowest BCUT2D eigenvalue weighted by atomic mass is 10.1. The third-order valence-electron chi connectivity index (χ3n) is 3.78. The van der Waals surface area contributed by atoms with Crippen LogP contribution in [0.5, 0.6) is 0 Å². The fraction of sp³-hybridized carbons (Fsp3) is 0.316. The molecule has 1 amide bonds. The number of amides is 1. The molecular weight excluding hydrogens is 382 g/mol. The van der Waals surface area contributed by atoms with Crippen molar-refractivity contribution in [3.05, 3.63) is 46.1 Å². The molecule has 0 saturated heterocycles. The number of anilines is 1. The van der Waals surface area contributed by atoms with Gasteiger partial charge < -0.3 is 14.8 Å². The molecule has 9 heteroatoms. The first-order chi connectivity index (χ1) is 13.4. The fourth-order valence-electron chi connectivity index (χ4n) is 2.33. The van der Waals surface area contributed by atoms with Crippen LogP contribution in [0.2, 0.25) is 0 Å². The molecule has 1 N–H and O–H groups in total. The molecule has 0 fully saturated rings. The summed E-state index contributed by atoms with van der Waals surface area (Å²) in [7, 11) is 0. The molecule has 0 aliphatic rings. The van der Waals surface area contributed by atoms with Crippen LogP contribution in [0.3, 0.4) is 0 Å². The summed E-state index contributed by atoms with van der Waals surface area (Å²) < 4.78 is 10.2. The summed E-state index contributed by atoms with van der Waals surface area (Å²) in [6.45, 7) is 5.18. The molecule has 2 rings (SSSR count). The number of rotatable bonds is 7. The van der Waals surface area contributed by atoms with E-state index in [1.165, 1.54) is 24.5 Å². The third kappa shape index (κ3) is 4.72. The number of ether oxygens (including phenoxy) is 2. The maximum atomic E-state index is 12.6. The first kappa shape index (κ1) is 21.1. The molecule has 0 aliphatic heterocycles. The highest BCUT2D eigenvalue weighted by Gasteiger charge is 2.26. The second-order valence-electron chi connectivity index (χ2n) is 5.62. The topological polar surface area (TPSA) is 118 Å². The Kier molecular flexibility index (Phi) is 7.23. The number of aromatic nitrogens is 1. The van der Waals surface area contributed by atoms with Gasteiger partial charge in [0.1, 0.15) is 15.9 Å². The lowest BCUT2D eigenvalue weighted by Gasteiger charge is -2.15.